The smallest absolute Gasteiger partial charge is 0.333 e. The van der Waals surface area contributed by atoms with E-state index in [1.807, 2.05) is 66.9 Å². The van der Waals surface area contributed by atoms with E-state index < -0.39 is 11.9 Å². The fourth-order valence-electron chi connectivity index (χ4n) is 2.43. The van der Waals surface area contributed by atoms with Gasteiger partial charge >= 0.3 is 6.03 Å². The molecule has 0 aliphatic carbocycles. The third-order valence-corrected chi connectivity index (χ3v) is 3.75. The third kappa shape index (κ3) is 4.60. The van der Waals surface area contributed by atoms with Crippen LogP contribution >= 0.6 is 0 Å². The number of amides is 3. The summed E-state index contributed by atoms with van der Waals surface area (Å²) in [7, 11) is 1.46. The minimum absolute atomic E-state index is 0.454. The average Bonchev–Trinajstić information content (AvgIpc) is 3.16. The highest BCUT2D eigenvalue weighted by Crippen LogP contribution is 2.24. The maximum absolute atomic E-state index is 11.9. The Morgan fingerprint density at radius 2 is 1.63 bits per heavy atom. The van der Waals surface area contributed by atoms with Crippen LogP contribution in [0.4, 0.5) is 4.79 Å². The van der Waals surface area contributed by atoms with Gasteiger partial charge in [-0.3, -0.25) is 10.2 Å². The quantitative estimate of drug-likeness (QED) is 0.493. The van der Waals surface area contributed by atoms with Gasteiger partial charge in [0, 0.05) is 30.4 Å². The van der Waals surface area contributed by atoms with Crippen molar-refractivity contribution in [1.29, 1.82) is 0 Å². The predicted octanol–water partition coefficient (Wildman–Crippen LogP) is 2.51. The molecule has 0 aliphatic rings. The number of carbonyl (C=O) groups excluding carboxylic acids is 2. The minimum Gasteiger partial charge on any atom is -0.340 e. The first-order valence-corrected chi connectivity index (χ1v) is 8.33. The molecule has 1 heterocycles. The molecule has 0 unspecified atom stereocenters. The van der Waals surface area contributed by atoms with Gasteiger partial charge in [0.25, 0.3) is 5.91 Å². The van der Waals surface area contributed by atoms with E-state index in [2.05, 4.69) is 21.3 Å². The first-order valence-electron chi connectivity index (χ1n) is 8.33. The second-order valence-corrected chi connectivity index (χ2v) is 5.61. The van der Waals surface area contributed by atoms with Crippen LogP contribution in [0, 0.1) is 0 Å². The molecule has 3 amide bonds. The highest BCUT2D eigenvalue weighted by atomic mass is 16.2. The zero-order chi connectivity index (χ0) is 19.1. The van der Waals surface area contributed by atoms with Crippen molar-refractivity contribution in [2.45, 2.75) is 0 Å². The number of aromatic nitrogens is 2. The molecule has 0 spiro atoms. The Morgan fingerprint density at radius 1 is 0.963 bits per heavy atom. The fraction of sp³-hybridized carbons (Fsp3) is 0.0500. The highest BCUT2D eigenvalue weighted by molar-refractivity contribution is 5.93. The third-order valence-electron chi connectivity index (χ3n) is 3.75. The van der Waals surface area contributed by atoms with E-state index in [1.54, 1.807) is 10.8 Å². The highest BCUT2D eigenvalue weighted by Gasteiger charge is 2.10. The predicted molar refractivity (Wildman–Crippen MR) is 104 cm³/mol. The van der Waals surface area contributed by atoms with Crippen LogP contribution in [-0.2, 0) is 4.79 Å². The van der Waals surface area contributed by atoms with Gasteiger partial charge in [-0.05, 0) is 18.2 Å². The Hall–Kier alpha value is -3.87. The number of hydrogen-bond acceptors (Lipinski definition) is 3. The van der Waals surface area contributed by atoms with Crippen molar-refractivity contribution in [2.24, 2.45) is 0 Å². The van der Waals surface area contributed by atoms with Crippen molar-refractivity contribution < 1.29 is 9.59 Å². The van der Waals surface area contributed by atoms with Gasteiger partial charge in [0.05, 0.1) is 11.4 Å². The number of rotatable bonds is 4. The van der Waals surface area contributed by atoms with E-state index >= 15 is 0 Å². The van der Waals surface area contributed by atoms with Gasteiger partial charge in [-0.15, -0.1) is 0 Å². The largest absolute Gasteiger partial charge is 0.340 e. The van der Waals surface area contributed by atoms with Crippen LogP contribution in [0.3, 0.4) is 0 Å². The van der Waals surface area contributed by atoms with Crippen LogP contribution in [0.25, 0.3) is 23.0 Å². The van der Waals surface area contributed by atoms with Crippen molar-refractivity contribution >= 4 is 18.0 Å². The summed E-state index contributed by atoms with van der Waals surface area (Å²) in [5.74, 6) is -0.454. The second kappa shape index (κ2) is 8.48. The molecule has 136 valence electrons. The van der Waals surface area contributed by atoms with Crippen molar-refractivity contribution in [3.05, 3.63) is 78.5 Å². The molecule has 3 N–H and O–H groups in total. The monoisotopic (exact) mass is 361 g/mol. The van der Waals surface area contributed by atoms with Crippen molar-refractivity contribution in [1.82, 2.24) is 25.9 Å². The van der Waals surface area contributed by atoms with Gasteiger partial charge in [-0.2, -0.15) is 5.10 Å². The molecule has 27 heavy (non-hydrogen) atoms. The molecule has 2 aromatic carbocycles. The lowest BCUT2D eigenvalue weighted by Crippen LogP contribution is -2.45. The average molecular weight is 361 g/mol. The normalized spacial score (nSPS) is 10.6. The van der Waals surface area contributed by atoms with Crippen molar-refractivity contribution in [3.63, 3.8) is 0 Å². The van der Waals surface area contributed by atoms with Gasteiger partial charge in [0.2, 0.25) is 0 Å². The topological polar surface area (TPSA) is 88.0 Å². The van der Waals surface area contributed by atoms with Crippen LogP contribution in [-0.4, -0.2) is 28.8 Å². The molecule has 1 aromatic heterocycles. The fourth-order valence-corrected chi connectivity index (χ4v) is 2.43. The summed E-state index contributed by atoms with van der Waals surface area (Å²) >= 11 is 0. The van der Waals surface area contributed by atoms with Crippen LogP contribution in [0.15, 0.2) is 72.9 Å². The van der Waals surface area contributed by atoms with E-state index in [9.17, 15) is 9.59 Å². The molecule has 0 fully saturated rings. The van der Waals surface area contributed by atoms with E-state index in [4.69, 9.17) is 0 Å². The van der Waals surface area contributed by atoms with Crippen molar-refractivity contribution in [2.75, 3.05) is 7.05 Å². The zero-order valence-electron chi connectivity index (χ0n) is 14.7. The molecule has 3 aromatic rings. The van der Waals surface area contributed by atoms with Gasteiger partial charge < -0.3 is 5.32 Å². The summed E-state index contributed by atoms with van der Waals surface area (Å²) in [6.45, 7) is 0. The summed E-state index contributed by atoms with van der Waals surface area (Å²) < 4.78 is 1.77. The molecule has 3 rings (SSSR count). The number of urea groups is 1. The Labute approximate surface area is 156 Å². The number of hydrogen-bond donors (Lipinski definition) is 3. The molecule has 0 aliphatic heterocycles. The lowest BCUT2D eigenvalue weighted by molar-refractivity contribution is -0.117. The molecule has 7 heteroatoms. The molecule has 0 atom stereocenters. The van der Waals surface area contributed by atoms with E-state index in [1.165, 1.54) is 13.1 Å². The molecule has 0 saturated carbocycles. The SMILES string of the molecule is CNC(=O)NNC(=O)C=Cc1cn(-c2ccccc2)nc1-c1ccccc1. The first-order chi connectivity index (χ1) is 13.2. The van der Waals surface area contributed by atoms with Crippen LogP contribution in [0.1, 0.15) is 5.56 Å². The summed E-state index contributed by atoms with van der Waals surface area (Å²) in [4.78, 5) is 23.0. The van der Waals surface area contributed by atoms with Gasteiger partial charge in [0.15, 0.2) is 0 Å². The summed E-state index contributed by atoms with van der Waals surface area (Å²) in [6, 6.07) is 18.9. The summed E-state index contributed by atoms with van der Waals surface area (Å²) in [5, 5.41) is 7.01. The number of carbonyl (C=O) groups is 2. The van der Waals surface area contributed by atoms with Crippen molar-refractivity contribution in [3.8, 4) is 16.9 Å². The standard InChI is InChI=1S/C20H19N5O2/c1-21-20(27)23-22-18(26)13-12-16-14-25(17-10-6-3-7-11-17)24-19(16)15-8-4-2-5-9-15/h2-14H,1H3,(H,22,26)(H2,21,23,27). The number of benzene rings is 2. The number of hydrazine groups is 1. The van der Waals surface area contributed by atoms with Crippen LogP contribution in [0.2, 0.25) is 0 Å². The first kappa shape index (κ1) is 17.9. The van der Waals surface area contributed by atoms with Crippen LogP contribution < -0.4 is 16.2 Å². The molecular formula is C20H19N5O2. The second-order valence-electron chi connectivity index (χ2n) is 5.61. The molecule has 0 saturated heterocycles. The Bertz CT molecular complexity index is 949. The number of para-hydroxylation sites is 1. The van der Waals surface area contributed by atoms with E-state index in [0.717, 1.165) is 22.5 Å². The summed E-state index contributed by atoms with van der Waals surface area (Å²) in [5.41, 5.74) is 7.90. The minimum atomic E-state index is -0.501. The number of nitrogens with zero attached hydrogens (tertiary/aromatic N) is 2. The van der Waals surface area contributed by atoms with E-state index in [-0.39, 0.29) is 0 Å². The number of nitrogens with one attached hydrogen (secondary N) is 3. The lowest BCUT2D eigenvalue weighted by Gasteiger charge is -2.03. The molecular weight excluding hydrogens is 342 g/mol. The summed E-state index contributed by atoms with van der Waals surface area (Å²) in [6.07, 6.45) is 4.86. The molecule has 0 bridgehead atoms. The molecule has 7 nitrogen and oxygen atoms in total. The maximum Gasteiger partial charge on any atom is 0.333 e. The Kier molecular flexibility index (Phi) is 5.64. The van der Waals surface area contributed by atoms with Gasteiger partial charge in [-0.25, -0.2) is 14.9 Å². The molecule has 0 radical (unpaired) electrons. The lowest BCUT2D eigenvalue weighted by atomic mass is 10.1. The van der Waals surface area contributed by atoms with Gasteiger partial charge in [-0.1, -0.05) is 48.5 Å². The van der Waals surface area contributed by atoms with Crippen LogP contribution in [0.5, 0.6) is 0 Å². The van der Waals surface area contributed by atoms with Gasteiger partial charge in [0.1, 0.15) is 0 Å². The Balaban J connectivity index is 1.89. The Morgan fingerprint density at radius 3 is 2.30 bits per heavy atom. The zero-order valence-corrected chi connectivity index (χ0v) is 14.7. The van der Waals surface area contributed by atoms with E-state index in [0.29, 0.717) is 0 Å². The maximum atomic E-state index is 11.9.